The summed E-state index contributed by atoms with van der Waals surface area (Å²) >= 11 is 0. The molecule has 19 heavy (non-hydrogen) atoms. The van der Waals surface area contributed by atoms with Crippen LogP contribution in [0.3, 0.4) is 0 Å². The summed E-state index contributed by atoms with van der Waals surface area (Å²) in [4.78, 5) is 0. The van der Waals surface area contributed by atoms with Crippen molar-refractivity contribution in [3.05, 3.63) is 0 Å². The second kappa shape index (κ2) is 5.17. The zero-order valence-corrected chi connectivity index (χ0v) is 11.3. The highest BCUT2D eigenvalue weighted by Crippen LogP contribution is 2.50. The molecule has 0 unspecified atom stereocenters. The van der Waals surface area contributed by atoms with Gasteiger partial charge in [-0.05, 0) is 42.9 Å². The van der Waals surface area contributed by atoms with E-state index in [2.05, 4.69) is 0 Å². The van der Waals surface area contributed by atoms with Crippen LogP contribution in [0.15, 0.2) is 0 Å². The lowest BCUT2D eigenvalue weighted by Crippen LogP contribution is -2.43. The first kappa shape index (κ1) is 16.6. The largest absolute Gasteiger partial charge is 0.400 e. The lowest BCUT2D eigenvalue weighted by molar-refractivity contribution is -0.301. The van der Waals surface area contributed by atoms with E-state index in [-0.39, 0.29) is 24.2 Å². The zero-order chi connectivity index (χ0) is 15.1. The number of halogens is 6. The van der Waals surface area contributed by atoms with Gasteiger partial charge in [-0.25, -0.2) is 0 Å². The van der Waals surface area contributed by atoms with Crippen molar-refractivity contribution in [2.45, 2.75) is 58.8 Å². The van der Waals surface area contributed by atoms with Gasteiger partial charge in [0.1, 0.15) is 0 Å². The Kier molecular flexibility index (Phi) is 4.52. The van der Waals surface area contributed by atoms with E-state index in [1.165, 1.54) is 0 Å². The van der Waals surface area contributed by atoms with Gasteiger partial charge in [-0.2, -0.15) is 26.3 Å². The predicted molar refractivity (Wildman–Crippen MR) is 60.5 cm³/mol. The van der Waals surface area contributed by atoms with Crippen molar-refractivity contribution >= 4 is 0 Å². The van der Waals surface area contributed by atoms with Crippen molar-refractivity contribution in [1.82, 2.24) is 0 Å². The fourth-order valence-electron chi connectivity index (χ4n) is 3.04. The summed E-state index contributed by atoms with van der Waals surface area (Å²) in [6, 6.07) is 0. The SMILES string of the molecule is CC(C)(C)C1CCC(C(C(F)(F)F)C(F)(F)F)CC1. The molecule has 1 rings (SSSR count). The normalized spacial score (nSPS) is 26.8. The maximum absolute atomic E-state index is 12.6. The molecule has 0 aromatic carbocycles. The standard InChI is InChI=1S/C13H20F6/c1-11(2,3)9-6-4-8(5-7-9)10(12(14,15)16)13(17,18)19/h8-10H,4-7H2,1-3H3. The minimum absolute atomic E-state index is 0.00558. The van der Waals surface area contributed by atoms with Crippen LogP contribution in [0.25, 0.3) is 0 Å². The zero-order valence-electron chi connectivity index (χ0n) is 11.3. The molecule has 1 aliphatic carbocycles. The van der Waals surface area contributed by atoms with E-state index in [1.54, 1.807) is 0 Å². The van der Waals surface area contributed by atoms with Gasteiger partial charge in [-0.1, -0.05) is 20.8 Å². The van der Waals surface area contributed by atoms with Gasteiger partial charge in [0.2, 0.25) is 0 Å². The number of alkyl halides is 6. The monoisotopic (exact) mass is 290 g/mol. The van der Waals surface area contributed by atoms with Crippen molar-refractivity contribution in [2.75, 3.05) is 0 Å². The Labute approximate surface area is 109 Å². The van der Waals surface area contributed by atoms with E-state index in [0.717, 1.165) is 0 Å². The van der Waals surface area contributed by atoms with Crippen LogP contribution < -0.4 is 0 Å². The van der Waals surface area contributed by atoms with Crippen LogP contribution in [-0.2, 0) is 0 Å². The molecule has 0 heterocycles. The van der Waals surface area contributed by atoms with Crippen LogP contribution in [0.4, 0.5) is 26.3 Å². The maximum Gasteiger partial charge on any atom is 0.400 e. The third-order valence-corrected chi connectivity index (χ3v) is 4.17. The van der Waals surface area contributed by atoms with Gasteiger partial charge in [-0.15, -0.1) is 0 Å². The fraction of sp³-hybridized carbons (Fsp3) is 1.00. The molecule has 114 valence electrons. The second-order valence-corrected chi connectivity index (χ2v) is 6.54. The van der Waals surface area contributed by atoms with Crippen molar-refractivity contribution in [1.29, 1.82) is 0 Å². The van der Waals surface area contributed by atoms with Crippen LogP contribution in [0.5, 0.6) is 0 Å². The molecule has 0 aromatic heterocycles. The minimum Gasteiger partial charge on any atom is -0.170 e. The Hall–Kier alpha value is -0.420. The van der Waals surface area contributed by atoms with Crippen molar-refractivity contribution in [3.8, 4) is 0 Å². The van der Waals surface area contributed by atoms with Crippen molar-refractivity contribution < 1.29 is 26.3 Å². The molecule has 1 aliphatic rings. The van der Waals surface area contributed by atoms with E-state index in [9.17, 15) is 26.3 Å². The molecule has 1 saturated carbocycles. The summed E-state index contributed by atoms with van der Waals surface area (Å²) in [7, 11) is 0. The molecule has 0 aromatic rings. The smallest absolute Gasteiger partial charge is 0.170 e. The number of rotatable bonds is 1. The van der Waals surface area contributed by atoms with Gasteiger partial charge in [0.15, 0.2) is 5.92 Å². The lowest BCUT2D eigenvalue weighted by atomic mass is 9.67. The third kappa shape index (κ3) is 4.28. The molecule has 0 radical (unpaired) electrons. The van der Waals surface area contributed by atoms with Gasteiger partial charge in [-0.3, -0.25) is 0 Å². The molecule has 1 fully saturated rings. The topological polar surface area (TPSA) is 0 Å². The molecule has 0 aliphatic heterocycles. The van der Waals surface area contributed by atoms with Gasteiger partial charge in [0.05, 0.1) is 0 Å². The highest BCUT2D eigenvalue weighted by atomic mass is 19.4. The summed E-state index contributed by atoms with van der Waals surface area (Å²) < 4.78 is 75.7. The minimum atomic E-state index is -5.20. The van der Waals surface area contributed by atoms with Crippen molar-refractivity contribution in [2.24, 2.45) is 23.2 Å². The number of hydrogen-bond acceptors (Lipinski definition) is 0. The highest BCUT2D eigenvalue weighted by Gasteiger charge is 2.60. The third-order valence-electron chi connectivity index (χ3n) is 4.17. The van der Waals surface area contributed by atoms with Crippen LogP contribution in [0.1, 0.15) is 46.5 Å². The summed E-state index contributed by atoms with van der Waals surface area (Å²) in [5.74, 6) is -4.29. The molecular weight excluding hydrogens is 270 g/mol. The van der Waals surface area contributed by atoms with E-state index in [0.29, 0.717) is 12.8 Å². The maximum atomic E-state index is 12.6. The van der Waals surface area contributed by atoms with Gasteiger partial charge in [0, 0.05) is 0 Å². The first-order valence-corrected chi connectivity index (χ1v) is 6.47. The molecule has 0 saturated heterocycles. The van der Waals surface area contributed by atoms with E-state index in [4.69, 9.17) is 0 Å². The Balaban J connectivity index is 2.77. The molecule has 0 N–H and O–H groups in total. The van der Waals surface area contributed by atoms with Crippen LogP contribution in [0.2, 0.25) is 0 Å². The van der Waals surface area contributed by atoms with Crippen LogP contribution in [-0.4, -0.2) is 12.4 Å². The Morgan fingerprint density at radius 1 is 0.737 bits per heavy atom. The second-order valence-electron chi connectivity index (χ2n) is 6.54. The van der Waals surface area contributed by atoms with Crippen molar-refractivity contribution in [3.63, 3.8) is 0 Å². The van der Waals surface area contributed by atoms with E-state index in [1.807, 2.05) is 20.8 Å². The lowest BCUT2D eigenvalue weighted by Gasteiger charge is -2.40. The quantitative estimate of drug-likeness (QED) is 0.553. The summed E-state index contributed by atoms with van der Waals surface area (Å²) in [5.41, 5.74) is -0.0586. The highest BCUT2D eigenvalue weighted by molar-refractivity contribution is 4.88. The Morgan fingerprint density at radius 3 is 1.37 bits per heavy atom. The molecule has 6 heteroatoms. The average Bonchev–Trinajstić information content (AvgIpc) is 2.12. The van der Waals surface area contributed by atoms with Gasteiger partial charge >= 0.3 is 12.4 Å². The summed E-state index contributed by atoms with van der Waals surface area (Å²) in [6.45, 7) is 5.93. The Morgan fingerprint density at radius 2 is 1.11 bits per heavy atom. The molecule has 0 amide bonds. The molecule has 0 spiro atoms. The average molecular weight is 290 g/mol. The van der Waals surface area contributed by atoms with E-state index < -0.39 is 24.2 Å². The molecule has 0 bridgehead atoms. The van der Waals surface area contributed by atoms with Crippen LogP contribution >= 0.6 is 0 Å². The van der Waals surface area contributed by atoms with Crippen LogP contribution in [0, 0.1) is 23.2 Å². The predicted octanol–water partition coefficient (Wildman–Crippen LogP) is 5.58. The van der Waals surface area contributed by atoms with E-state index >= 15 is 0 Å². The molecule has 0 nitrogen and oxygen atoms in total. The fourth-order valence-corrected chi connectivity index (χ4v) is 3.04. The Bertz CT molecular complexity index is 274. The first-order chi connectivity index (χ1) is 8.33. The van der Waals surface area contributed by atoms with Gasteiger partial charge < -0.3 is 0 Å². The summed E-state index contributed by atoms with van der Waals surface area (Å²) in [5, 5.41) is 0. The molecular formula is C13H20F6. The summed E-state index contributed by atoms with van der Waals surface area (Å²) in [6.07, 6.45) is -9.50. The van der Waals surface area contributed by atoms with Gasteiger partial charge in [0.25, 0.3) is 0 Å². The molecule has 0 atom stereocenters. The number of hydrogen-bond donors (Lipinski definition) is 0. The first-order valence-electron chi connectivity index (χ1n) is 6.47.